The van der Waals surface area contributed by atoms with E-state index in [2.05, 4.69) is 5.32 Å². The average Bonchev–Trinajstić information content (AvgIpc) is 2.73. The number of esters is 1. The normalized spacial score (nSPS) is 11.2. The number of hydrogen-bond acceptors (Lipinski definition) is 5. The maximum atomic E-state index is 12.8. The summed E-state index contributed by atoms with van der Waals surface area (Å²) in [5.41, 5.74) is 1.71. The van der Waals surface area contributed by atoms with E-state index in [9.17, 15) is 14.4 Å². The molecule has 0 saturated carbocycles. The van der Waals surface area contributed by atoms with Gasteiger partial charge in [-0.2, -0.15) is 0 Å². The van der Waals surface area contributed by atoms with Gasteiger partial charge in [0.1, 0.15) is 19.2 Å². The number of nitrogens with zero attached hydrogens (tertiary/aromatic N) is 1. The molecule has 0 bridgehead atoms. The standard InChI is InChI=1S/C22H26N2O5/c1-3-28-20(25)15-24(2)21(26)19(14-17-10-6-4-7-11-17)23-22(27)29-16-18-12-8-5-9-13-18/h4-13,19H,3,14-16H2,1-2H3,(H,23,27). The largest absolute Gasteiger partial charge is 0.465 e. The zero-order chi connectivity index (χ0) is 21.1. The molecule has 7 nitrogen and oxygen atoms in total. The molecule has 1 atom stereocenters. The van der Waals surface area contributed by atoms with Gasteiger partial charge in [0.05, 0.1) is 6.61 Å². The monoisotopic (exact) mass is 398 g/mol. The smallest absolute Gasteiger partial charge is 0.408 e. The van der Waals surface area contributed by atoms with Gasteiger partial charge in [-0.15, -0.1) is 0 Å². The Labute approximate surface area is 170 Å². The molecular formula is C22H26N2O5. The van der Waals surface area contributed by atoms with Crippen LogP contribution < -0.4 is 5.32 Å². The highest BCUT2D eigenvalue weighted by Crippen LogP contribution is 2.07. The number of carbonyl (C=O) groups excluding carboxylic acids is 3. The molecule has 29 heavy (non-hydrogen) atoms. The lowest BCUT2D eigenvalue weighted by Crippen LogP contribution is -2.49. The van der Waals surface area contributed by atoms with E-state index in [0.29, 0.717) is 0 Å². The molecular weight excluding hydrogens is 372 g/mol. The van der Waals surface area contributed by atoms with Crippen LogP contribution in [0.4, 0.5) is 4.79 Å². The van der Waals surface area contributed by atoms with Crippen molar-refractivity contribution in [1.29, 1.82) is 0 Å². The number of nitrogens with one attached hydrogen (secondary N) is 1. The number of benzene rings is 2. The Balaban J connectivity index is 2.02. The third-order valence-electron chi connectivity index (χ3n) is 4.13. The van der Waals surface area contributed by atoms with Gasteiger partial charge >= 0.3 is 12.1 Å². The fraction of sp³-hybridized carbons (Fsp3) is 0.318. The molecule has 0 heterocycles. The number of hydrogen-bond donors (Lipinski definition) is 1. The van der Waals surface area contributed by atoms with E-state index in [4.69, 9.17) is 9.47 Å². The number of alkyl carbamates (subject to hydrolysis) is 1. The van der Waals surface area contributed by atoms with E-state index in [-0.39, 0.29) is 26.2 Å². The molecule has 0 saturated heterocycles. The summed E-state index contributed by atoms with van der Waals surface area (Å²) < 4.78 is 10.1. The summed E-state index contributed by atoms with van der Waals surface area (Å²) in [4.78, 5) is 38.0. The van der Waals surface area contributed by atoms with Crippen LogP contribution in [0.1, 0.15) is 18.1 Å². The van der Waals surface area contributed by atoms with Crippen molar-refractivity contribution in [2.24, 2.45) is 0 Å². The summed E-state index contributed by atoms with van der Waals surface area (Å²) in [5.74, 6) is -0.910. The van der Waals surface area contributed by atoms with Gasteiger partial charge in [0, 0.05) is 13.5 Å². The molecule has 0 aliphatic rings. The second-order valence-electron chi connectivity index (χ2n) is 6.45. The molecule has 2 aromatic carbocycles. The van der Waals surface area contributed by atoms with Gasteiger partial charge in [-0.1, -0.05) is 60.7 Å². The zero-order valence-electron chi connectivity index (χ0n) is 16.7. The molecule has 0 spiro atoms. The van der Waals surface area contributed by atoms with Gasteiger partial charge < -0.3 is 19.7 Å². The number of amides is 2. The molecule has 0 fully saturated rings. The van der Waals surface area contributed by atoms with Crippen LogP contribution in [0.3, 0.4) is 0 Å². The lowest BCUT2D eigenvalue weighted by atomic mass is 10.1. The number of rotatable bonds is 9. The Morgan fingerprint density at radius 1 is 0.931 bits per heavy atom. The highest BCUT2D eigenvalue weighted by molar-refractivity contribution is 5.88. The van der Waals surface area contributed by atoms with E-state index in [1.165, 1.54) is 11.9 Å². The van der Waals surface area contributed by atoms with Crippen molar-refractivity contribution in [3.8, 4) is 0 Å². The zero-order valence-corrected chi connectivity index (χ0v) is 16.7. The predicted octanol–water partition coefficient (Wildman–Crippen LogP) is 2.55. The minimum Gasteiger partial charge on any atom is -0.465 e. The van der Waals surface area contributed by atoms with Gasteiger partial charge in [-0.3, -0.25) is 9.59 Å². The Morgan fingerprint density at radius 2 is 1.52 bits per heavy atom. The molecule has 1 unspecified atom stereocenters. The van der Waals surface area contributed by atoms with E-state index < -0.39 is 24.0 Å². The van der Waals surface area contributed by atoms with E-state index in [1.54, 1.807) is 6.92 Å². The van der Waals surface area contributed by atoms with Gasteiger partial charge in [-0.05, 0) is 18.1 Å². The van der Waals surface area contributed by atoms with Gasteiger partial charge in [0.25, 0.3) is 0 Å². The van der Waals surface area contributed by atoms with E-state index in [0.717, 1.165) is 11.1 Å². The van der Waals surface area contributed by atoms with Crippen LogP contribution in [0.5, 0.6) is 0 Å². The summed E-state index contributed by atoms with van der Waals surface area (Å²) in [6, 6.07) is 17.7. The minimum absolute atomic E-state index is 0.0948. The van der Waals surface area contributed by atoms with Crippen LogP contribution in [0.15, 0.2) is 60.7 Å². The van der Waals surface area contributed by atoms with Gasteiger partial charge in [-0.25, -0.2) is 4.79 Å². The molecule has 0 aromatic heterocycles. The van der Waals surface area contributed by atoms with Crippen molar-refractivity contribution in [2.75, 3.05) is 20.2 Å². The highest BCUT2D eigenvalue weighted by Gasteiger charge is 2.26. The molecule has 2 rings (SSSR count). The molecule has 2 amide bonds. The molecule has 0 aliphatic heterocycles. The maximum absolute atomic E-state index is 12.8. The number of likely N-dealkylation sites (N-methyl/N-ethyl adjacent to an activating group) is 1. The first-order valence-corrected chi connectivity index (χ1v) is 9.41. The summed E-state index contributed by atoms with van der Waals surface area (Å²) in [5, 5.41) is 2.62. The maximum Gasteiger partial charge on any atom is 0.408 e. The summed E-state index contributed by atoms with van der Waals surface area (Å²) in [7, 11) is 1.49. The summed E-state index contributed by atoms with van der Waals surface area (Å²) >= 11 is 0. The second kappa shape index (κ2) is 11.5. The molecule has 2 aromatic rings. The number of ether oxygens (including phenoxy) is 2. The topological polar surface area (TPSA) is 84.9 Å². The quantitative estimate of drug-likeness (QED) is 0.656. The molecule has 0 radical (unpaired) electrons. The third kappa shape index (κ3) is 7.65. The van der Waals surface area contributed by atoms with E-state index >= 15 is 0 Å². The first-order valence-electron chi connectivity index (χ1n) is 9.41. The van der Waals surface area contributed by atoms with E-state index in [1.807, 2.05) is 60.7 Å². The van der Waals surface area contributed by atoms with Crippen LogP contribution in [0.2, 0.25) is 0 Å². The fourth-order valence-electron chi connectivity index (χ4n) is 2.70. The first-order chi connectivity index (χ1) is 14.0. The van der Waals surface area contributed by atoms with Crippen LogP contribution in [0, 0.1) is 0 Å². The summed E-state index contributed by atoms with van der Waals surface area (Å²) in [6.07, 6.45) is -0.430. The van der Waals surface area contributed by atoms with Crippen molar-refractivity contribution in [2.45, 2.75) is 26.0 Å². The molecule has 0 aliphatic carbocycles. The highest BCUT2D eigenvalue weighted by atomic mass is 16.5. The van der Waals surface area contributed by atoms with Crippen LogP contribution >= 0.6 is 0 Å². The first kappa shape index (κ1) is 21.9. The molecule has 154 valence electrons. The Kier molecular flexibility index (Phi) is 8.69. The van der Waals surface area contributed by atoms with Crippen LogP contribution in [0.25, 0.3) is 0 Å². The van der Waals surface area contributed by atoms with Crippen molar-refractivity contribution in [3.63, 3.8) is 0 Å². The van der Waals surface area contributed by atoms with Gasteiger partial charge in [0.15, 0.2) is 0 Å². The second-order valence-corrected chi connectivity index (χ2v) is 6.45. The SMILES string of the molecule is CCOC(=O)CN(C)C(=O)C(Cc1ccccc1)NC(=O)OCc1ccccc1. The lowest BCUT2D eigenvalue weighted by Gasteiger charge is -2.24. The lowest BCUT2D eigenvalue weighted by molar-refractivity contribution is -0.148. The van der Waals surface area contributed by atoms with Crippen molar-refractivity contribution < 1.29 is 23.9 Å². The predicted molar refractivity (Wildman–Crippen MR) is 108 cm³/mol. The molecule has 7 heteroatoms. The van der Waals surface area contributed by atoms with Crippen molar-refractivity contribution >= 4 is 18.0 Å². The molecule has 1 N–H and O–H groups in total. The third-order valence-corrected chi connectivity index (χ3v) is 4.13. The fourth-order valence-corrected chi connectivity index (χ4v) is 2.70. The number of carbonyl (C=O) groups is 3. The average molecular weight is 398 g/mol. The van der Waals surface area contributed by atoms with Crippen LogP contribution in [-0.2, 0) is 32.1 Å². The Bertz CT molecular complexity index is 795. The van der Waals surface area contributed by atoms with Crippen molar-refractivity contribution in [1.82, 2.24) is 10.2 Å². The van der Waals surface area contributed by atoms with Crippen molar-refractivity contribution in [3.05, 3.63) is 71.8 Å². The van der Waals surface area contributed by atoms with Gasteiger partial charge in [0.2, 0.25) is 5.91 Å². The Morgan fingerprint density at radius 3 is 2.10 bits per heavy atom. The Hall–Kier alpha value is -3.35. The van der Waals surface area contributed by atoms with Crippen LogP contribution in [-0.4, -0.2) is 49.1 Å². The summed E-state index contributed by atoms with van der Waals surface area (Å²) in [6.45, 7) is 1.83. The minimum atomic E-state index is -0.875.